The molecule has 0 bridgehead atoms. The summed E-state index contributed by atoms with van der Waals surface area (Å²) in [5.74, 6) is 1.98. The van der Waals surface area contributed by atoms with Crippen molar-refractivity contribution in [3.8, 4) is 28.3 Å². The largest absolute Gasteiger partial charge is 0.507 e. The van der Waals surface area contributed by atoms with E-state index in [1.54, 1.807) is 0 Å². The summed E-state index contributed by atoms with van der Waals surface area (Å²) in [6.45, 7) is 19.6. The minimum Gasteiger partial charge on any atom is -0.507 e. The lowest BCUT2D eigenvalue weighted by Crippen LogP contribution is -2.12. The number of aromatic hydroxyl groups is 1. The number of benzene rings is 4. The van der Waals surface area contributed by atoms with Crippen molar-refractivity contribution in [2.45, 2.75) is 79.6 Å². The number of nitrogens with zero attached hydrogens (tertiary/aromatic N) is 2. The molecule has 42 heavy (non-hydrogen) atoms. The number of phenols is 1. The zero-order valence-electron chi connectivity index (χ0n) is 26.8. The Morgan fingerprint density at radius 3 is 1.95 bits per heavy atom. The van der Waals surface area contributed by atoms with Gasteiger partial charge in [0.05, 0.1) is 11.2 Å². The van der Waals surface area contributed by atoms with Crippen molar-refractivity contribution in [1.82, 2.24) is 9.55 Å². The first-order valence-corrected chi connectivity index (χ1v) is 15.1. The lowest BCUT2D eigenvalue weighted by Gasteiger charge is -2.23. The highest BCUT2D eigenvalue weighted by molar-refractivity contribution is 5.96. The van der Waals surface area contributed by atoms with E-state index in [1.165, 1.54) is 22.4 Å². The van der Waals surface area contributed by atoms with Crippen molar-refractivity contribution < 1.29 is 5.11 Å². The van der Waals surface area contributed by atoms with Crippen molar-refractivity contribution in [2.75, 3.05) is 5.32 Å². The van der Waals surface area contributed by atoms with Gasteiger partial charge in [-0.05, 0) is 77.1 Å². The van der Waals surface area contributed by atoms with Crippen LogP contribution >= 0.6 is 0 Å². The Hall–Kier alpha value is -4.05. The van der Waals surface area contributed by atoms with Gasteiger partial charge in [0.15, 0.2) is 0 Å². The van der Waals surface area contributed by atoms with Gasteiger partial charge >= 0.3 is 0 Å². The van der Waals surface area contributed by atoms with Crippen LogP contribution in [0.2, 0.25) is 0 Å². The number of aryl methyl sites for hydroxylation is 3. The maximum Gasteiger partial charge on any atom is 0.141 e. The summed E-state index contributed by atoms with van der Waals surface area (Å²) in [6.07, 6.45) is 0. The van der Waals surface area contributed by atoms with E-state index in [2.05, 4.69) is 134 Å². The van der Waals surface area contributed by atoms with Gasteiger partial charge in [-0.1, -0.05) is 97.0 Å². The molecule has 0 aliphatic heterocycles. The second-order valence-corrected chi connectivity index (χ2v) is 13.4. The number of fused-ring (bicyclic) bond motifs is 1. The highest BCUT2D eigenvalue weighted by Crippen LogP contribution is 2.44. The molecule has 0 aliphatic rings. The molecular weight excluding hydrogens is 514 g/mol. The topological polar surface area (TPSA) is 50.1 Å². The monoisotopic (exact) mass is 559 g/mol. The Balaban J connectivity index is 1.72. The van der Waals surface area contributed by atoms with Crippen LogP contribution < -0.4 is 5.32 Å². The molecule has 0 amide bonds. The fourth-order valence-corrected chi connectivity index (χ4v) is 6.06. The molecule has 0 atom stereocenters. The number of hydrogen-bond acceptors (Lipinski definition) is 3. The molecule has 5 rings (SSSR count). The molecular formula is C38H45N3O. The van der Waals surface area contributed by atoms with Crippen molar-refractivity contribution in [3.05, 3.63) is 94.5 Å². The van der Waals surface area contributed by atoms with E-state index in [-0.39, 0.29) is 5.41 Å². The van der Waals surface area contributed by atoms with Gasteiger partial charge in [0.2, 0.25) is 0 Å². The summed E-state index contributed by atoms with van der Waals surface area (Å²) in [4.78, 5) is 5.30. The number of phenolic OH excluding ortho intramolecular Hbond substituents is 1. The maximum atomic E-state index is 11.5. The van der Waals surface area contributed by atoms with E-state index in [4.69, 9.17) is 4.98 Å². The summed E-state index contributed by atoms with van der Waals surface area (Å²) in [5, 5.41) is 15.4. The van der Waals surface area contributed by atoms with E-state index in [0.717, 1.165) is 50.4 Å². The molecule has 5 aromatic rings. The highest BCUT2D eigenvalue weighted by Gasteiger charge is 2.24. The normalized spacial score (nSPS) is 12.1. The molecule has 2 N–H and O–H groups in total. The molecule has 4 heteroatoms. The van der Waals surface area contributed by atoms with Crippen molar-refractivity contribution >= 4 is 22.4 Å². The van der Waals surface area contributed by atoms with E-state index in [0.29, 0.717) is 17.6 Å². The maximum absolute atomic E-state index is 11.5. The second-order valence-electron chi connectivity index (χ2n) is 13.4. The number of para-hydroxylation sites is 1. The van der Waals surface area contributed by atoms with Crippen LogP contribution in [0.25, 0.3) is 33.5 Å². The van der Waals surface area contributed by atoms with E-state index < -0.39 is 0 Å². The van der Waals surface area contributed by atoms with Gasteiger partial charge in [-0.3, -0.25) is 0 Å². The first-order chi connectivity index (χ1) is 19.8. The predicted molar refractivity (Wildman–Crippen MR) is 179 cm³/mol. The third-order valence-corrected chi connectivity index (χ3v) is 8.28. The SMILES string of the molecule is Cc1cc(-c2ccccc2-c2nc3c(Nc4c(C(C)C)cccc4C(C)C)cc(C)cc3n2C)c(O)c(C(C)(C)C)c1. The Kier molecular flexibility index (Phi) is 7.70. The Morgan fingerprint density at radius 2 is 1.36 bits per heavy atom. The summed E-state index contributed by atoms with van der Waals surface area (Å²) in [6, 6.07) is 23.5. The molecule has 0 radical (unpaired) electrons. The molecule has 0 fully saturated rings. The van der Waals surface area contributed by atoms with Crippen LogP contribution in [0.3, 0.4) is 0 Å². The number of nitrogens with one attached hydrogen (secondary N) is 1. The summed E-state index contributed by atoms with van der Waals surface area (Å²) in [5.41, 5.74) is 12.7. The van der Waals surface area contributed by atoms with Crippen LogP contribution in [0, 0.1) is 13.8 Å². The van der Waals surface area contributed by atoms with E-state index in [1.807, 2.05) is 12.1 Å². The number of imidazole rings is 1. The summed E-state index contributed by atoms with van der Waals surface area (Å²) in [7, 11) is 2.09. The lowest BCUT2D eigenvalue weighted by molar-refractivity contribution is 0.448. The lowest BCUT2D eigenvalue weighted by atomic mass is 9.82. The molecule has 1 heterocycles. The number of hydrogen-bond donors (Lipinski definition) is 2. The molecule has 218 valence electrons. The molecule has 0 unspecified atom stereocenters. The highest BCUT2D eigenvalue weighted by atomic mass is 16.3. The Morgan fingerprint density at radius 1 is 0.762 bits per heavy atom. The molecule has 0 saturated carbocycles. The molecule has 1 aromatic heterocycles. The average Bonchev–Trinajstić information content (AvgIpc) is 3.25. The number of anilines is 2. The quantitative estimate of drug-likeness (QED) is 0.218. The third kappa shape index (κ3) is 5.31. The van der Waals surface area contributed by atoms with E-state index in [9.17, 15) is 5.11 Å². The molecule has 4 aromatic carbocycles. The van der Waals surface area contributed by atoms with Gasteiger partial charge in [-0.15, -0.1) is 0 Å². The fourth-order valence-electron chi connectivity index (χ4n) is 6.06. The molecule has 0 spiro atoms. The number of rotatable bonds is 6. The van der Waals surface area contributed by atoms with Gasteiger partial charge in [0.1, 0.15) is 17.1 Å². The Bertz CT molecular complexity index is 1760. The van der Waals surface area contributed by atoms with Crippen molar-refractivity contribution in [1.29, 1.82) is 0 Å². The van der Waals surface area contributed by atoms with Crippen LogP contribution in [-0.4, -0.2) is 14.7 Å². The van der Waals surface area contributed by atoms with Crippen LogP contribution in [0.1, 0.15) is 88.1 Å². The average molecular weight is 560 g/mol. The molecule has 0 saturated heterocycles. The van der Waals surface area contributed by atoms with Gasteiger partial charge < -0.3 is 15.0 Å². The zero-order chi connectivity index (χ0) is 30.5. The van der Waals surface area contributed by atoms with Crippen LogP contribution in [0.15, 0.2) is 66.7 Å². The smallest absolute Gasteiger partial charge is 0.141 e. The first-order valence-electron chi connectivity index (χ1n) is 15.1. The van der Waals surface area contributed by atoms with Crippen LogP contribution in [0.4, 0.5) is 11.4 Å². The zero-order valence-corrected chi connectivity index (χ0v) is 26.8. The van der Waals surface area contributed by atoms with Crippen molar-refractivity contribution in [2.24, 2.45) is 7.05 Å². The molecule has 0 aliphatic carbocycles. The van der Waals surface area contributed by atoms with Crippen molar-refractivity contribution in [3.63, 3.8) is 0 Å². The van der Waals surface area contributed by atoms with Gasteiger partial charge in [-0.25, -0.2) is 4.98 Å². The van der Waals surface area contributed by atoms with Crippen LogP contribution in [0.5, 0.6) is 5.75 Å². The number of aromatic nitrogens is 2. The van der Waals surface area contributed by atoms with Gasteiger partial charge in [0.25, 0.3) is 0 Å². The van der Waals surface area contributed by atoms with Gasteiger partial charge in [0, 0.05) is 29.4 Å². The van der Waals surface area contributed by atoms with Crippen LogP contribution in [-0.2, 0) is 12.5 Å². The summed E-state index contributed by atoms with van der Waals surface area (Å²) < 4.78 is 2.18. The standard InChI is InChI=1S/C38H45N3O/c1-22(2)26-16-13-17-27(23(3)4)34(26)39-32-20-25(6)21-33-35(32)40-37(41(33)10)29-15-12-11-14-28(29)30-18-24(5)19-31(36(30)42)38(7,8)9/h11-23,39,42H,1-10H3. The first kappa shape index (κ1) is 29.4. The second kappa shape index (κ2) is 11.0. The Labute approximate surface area is 251 Å². The minimum absolute atomic E-state index is 0.184. The van der Waals surface area contributed by atoms with E-state index >= 15 is 0 Å². The minimum atomic E-state index is -0.184. The predicted octanol–water partition coefficient (Wildman–Crippen LogP) is 10.5. The molecule has 4 nitrogen and oxygen atoms in total. The third-order valence-electron chi connectivity index (χ3n) is 8.28. The fraction of sp³-hybridized carbons (Fsp3) is 0.342. The van der Waals surface area contributed by atoms with Gasteiger partial charge in [-0.2, -0.15) is 0 Å². The summed E-state index contributed by atoms with van der Waals surface area (Å²) >= 11 is 0.